The number of nitrogens with one attached hydrogen (secondary N) is 2. The second-order valence-electron chi connectivity index (χ2n) is 6.55. The molecule has 1 aromatic carbocycles. The lowest BCUT2D eigenvalue weighted by Crippen LogP contribution is -2.72. The number of hydrogen-bond acceptors (Lipinski definition) is 7. The highest BCUT2D eigenvalue weighted by Crippen LogP contribution is 2.36. The van der Waals surface area contributed by atoms with E-state index in [4.69, 9.17) is 9.47 Å². The fourth-order valence-electron chi connectivity index (χ4n) is 3.54. The highest BCUT2D eigenvalue weighted by atomic mass is 32.2. The number of thioether (sulfide) groups is 1. The standard InChI is InChI=1S/C18H26N4O4S/c1-21-15-13(17(23)22(2)18(21)24)16(27-10-9-25-3)20-14(19-15)11-7-5-6-8-12(11)26-4/h5-8,13-16,19-20H,9-10H2,1-4H3. The highest BCUT2D eigenvalue weighted by molar-refractivity contribution is 7.99. The van der Waals surface area contributed by atoms with Crippen LogP contribution < -0.4 is 15.4 Å². The Kier molecular flexibility index (Phi) is 6.25. The lowest BCUT2D eigenvalue weighted by Gasteiger charge is -2.50. The van der Waals surface area contributed by atoms with Gasteiger partial charge in [0.25, 0.3) is 0 Å². The molecule has 2 fully saturated rings. The van der Waals surface area contributed by atoms with Gasteiger partial charge in [0, 0.05) is 32.5 Å². The summed E-state index contributed by atoms with van der Waals surface area (Å²) in [6.45, 7) is 0.589. The lowest BCUT2D eigenvalue weighted by molar-refractivity contribution is -0.140. The van der Waals surface area contributed by atoms with Crippen LogP contribution in [0.4, 0.5) is 4.79 Å². The molecule has 2 heterocycles. The maximum absolute atomic E-state index is 12.9. The molecule has 2 aliphatic heterocycles. The largest absolute Gasteiger partial charge is 0.496 e. The molecular formula is C18H26N4O4S. The van der Waals surface area contributed by atoms with Gasteiger partial charge in [-0.2, -0.15) is 0 Å². The third kappa shape index (κ3) is 3.77. The van der Waals surface area contributed by atoms with Crippen LogP contribution in [-0.2, 0) is 9.53 Å². The molecule has 9 heteroatoms. The first-order valence-electron chi connectivity index (χ1n) is 8.79. The summed E-state index contributed by atoms with van der Waals surface area (Å²) in [6, 6.07) is 7.41. The van der Waals surface area contributed by atoms with Crippen molar-refractivity contribution in [1.82, 2.24) is 20.4 Å². The molecule has 8 nitrogen and oxygen atoms in total. The van der Waals surface area contributed by atoms with Gasteiger partial charge in [-0.05, 0) is 6.07 Å². The maximum Gasteiger partial charge on any atom is 0.327 e. The summed E-state index contributed by atoms with van der Waals surface area (Å²) in [6.07, 6.45) is -0.661. The zero-order valence-electron chi connectivity index (χ0n) is 16.0. The van der Waals surface area contributed by atoms with Crippen molar-refractivity contribution in [3.05, 3.63) is 29.8 Å². The number of amides is 3. The number of fused-ring (bicyclic) bond motifs is 1. The van der Waals surface area contributed by atoms with Crippen molar-refractivity contribution >= 4 is 23.7 Å². The molecule has 0 radical (unpaired) electrons. The van der Waals surface area contributed by atoms with Crippen molar-refractivity contribution in [2.24, 2.45) is 5.92 Å². The zero-order chi connectivity index (χ0) is 19.6. The summed E-state index contributed by atoms with van der Waals surface area (Å²) in [7, 11) is 6.53. The van der Waals surface area contributed by atoms with Gasteiger partial charge in [0.1, 0.15) is 5.75 Å². The predicted octanol–water partition coefficient (Wildman–Crippen LogP) is 1.06. The van der Waals surface area contributed by atoms with E-state index < -0.39 is 12.1 Å². The Morgan fingerprint density at radius 1 is 1.15 bits per heavy atom. The van der Waals surface area contributed by atoms with Crippen LogP contribution in [0.2, 0.25) is 0 Å². The van der Waals surface area contributed by atoms with E-state index in [1.807, 2.05) is 24.3 Å². The lowest BCUT2D eigenvalue weighted by atomic mass is 9.95. The van der Waals surface area contributed by atoms with Gasteiger partial charge >= 0.3 is 6.03 Å². The molecule has 0 spiro atoms. The molecule has 4 unspecified atom stereocenters. The fourth-order valence-corrected chi connectivity index (χ4v) is 4.76. The molecule has 2 saturated heterocycles. The minimum atomic E-state index is -0.405. The Hall–Kier alpha value is -1.81. The van der Waals surface area contributed by atoms with Crippen LogP contribution in [0.25, 0.3) is 0 Å². The molecule has 148 valence electrons. The van der Waals surface area contributed by atoms with E-state index in [0.29, 0.717) is 6.61 Å². The van der Waals surface area contributed by atoms with Crippen LogP contribution in [-0.4, -0.2) is 74.0 Å². The predicted molar refractivity (Wildman–Crippen MR) is 103 cm³/mol. The zero-order valence-corrected chi connectivity index (χ0v) is 16.8. The van der Waals surface area contributed by atoms with Crippen molar-refractivity contribution in [1.29, 1.82) is 0 Å². The van der Waals surface area contributed by atoms with Gasteiger partial charge in [0.15, 0.2) is 0 Å². The first-order chi connectivity index (χ1) is 13.0. The Bertz CT molecular complexity index is 704. The normalized spacial score (nSPS) is 28.3. The third-order valence-corrected chi connectivity index (χ3v) is 6.18. The topological polar surface area (TPSA) is 83.1 Å². The van der Waals surface area contributed by atoms with Gasteiger partial charge in [0.05, 0.1) is 37.3 Å². The van der Waals surface area contributed by atoms with Gasteiger partial charge in [-0.3, -0.25) is 20.3 Å². The Labute approximate surface area is 163 Å². The van der Waals surface area contributed by atoms with Crippen molar-refractivity contribution in [3.8, 4) is 5.75 Å². The Balaban J connectivity index is 1.92. The first kappa shape index (κ1) is 19.9. The number of hydrogen-bond donors (Lipinski definition) is 2. The van der Waals surface area contributed by atoms with Crippen LogP contribution in [0.5, 0.6) is 5.75 Å². The SMILES string of the molecule is COCCSC1NC(c2ccccc2OC)NC2C1C(=O)N(C)C(=O)N2C. The number of imide groups is 1. The van der Waals surface area contributed by atoms with Gasteiger partial charge < -0.3 is 14.4 Å². The number of carbonyl (C=O) groups is 2. The number of carbonyl (C=O) groups excluding carboxylic acids is 2. The summed E-state index contributed by atoms with van der Waals surface area (Å²) in [4.78, 5) is 28.1. The molecular weight excluding hydrogens is 368 g/mol. The van der Waals surface area contributed by atoms with Crippen molar-refractivity contribution in [2.75, 3.05) is 40.7 Å². The van der Waals surface area contributed by atoms with E-state index in [9.17, 15) is 9.59 Å². The summed E-state index contributed by atoms with van der Waals surface area (Å²) >= 11 is 1.63. The number of methoxy groups -OCH3 is 2. The van der Waals surface area contributed by atoms with E-state index in [1.165, 1.54) is 11.9 Å². The van der Waals surface area contributed by atoms with Crippen molar-refractivity contribution < 1.29 is 19.1 Å². The van der Waals surface area contributed by atoms with Crippen LogP contribution in [0.15, 0.2) is 24.3 Å². The monoisotopic (exact) mass is 394 g/mol. The summed E-state index contributed by atoms with van der Waals surface area (Å²) in [5.41, 5.74) is 0.933. The van der Waals surface area contributed by atoms with E-state index in [0.717, 1.165) is 17.1 Å². The average molecular weight is 394 g/mol. The molecule has 0 bridgehead atoms. The van der Waals surface area contributed by atoms with Gasteiger partial charge in [0.2, 0.25) is 5.91 Å². The van der Waals surface area contributed by atoms with Gasteiger partial charge in [-0.15, -0.1) is 11.8 Å². The number of para-hydroxylation sites is 1. The van der Waals surface area contributed by atoms with Crippen molar-refractivity contribution in [2.45, 2.75) is 17.7 Å². The van der Waals surface area contributed by atoms with E-state index >= 15 is 0 Å². The van der Waals surface area contributed by atoms with Crippen LogP contribution in [0.3, 0.4) is 0 Å². The van der Waals surface area contributed by atoms with Crippen LogP contribution in [0, 0.1) is 5.92 Å². The minimum absolute atomic E-state index is 0.174. The molecule has 0 aliphatic carbocycles. The molecule has 0 saturated carbocycles. The van der Waals surface area contributed by atoms with E-state index in [1.54, 1.807) is 37.9 Å². The molecule has 3 rings (SSSR count). The number of urea groups is 1. The van der Waals surface area contributed by atoms with E-state index in [-0.39, 0.29) is 23.5 Å². The third-order valence-electron chi connectivity index (χ3n) is 4.99. The number of rotatable bonds is 6. The molecule has 3 amide bonds. The second kappa shape index (κ2) is 8.47. The minimum Gasteiger partial charge on any atom is -0.496 e. The molecule has 4 atom stereocenters. The summed E-state index contributed by atoms with van der Waals surface area (Å²) < 4.78 is 10.7. The molecule has 2 N–H and O–H groups in total. The van der Waals surface area contributed by atoms with Gasteiger partial charge in [-0.1, -0.05) is 18.2 Å². The smallest absolute Gasteiger partial charge is 0.327 e. The Morgan fingerprint density at radius 3 is 2.59 bits per heavy atom. The molecule has 27 heavy (non-hydrogen) atoms. The maximum atomic E-state index is 12.9. The fraction of sp³-hybridized carbons (Fsp3) is 0.556. The first-order valence-corrected chi connectivity index (χ1v) is 9.84. The second-order valence-corrected chi connectivity index (χ2v) is 7.80. The quantitative estimate of drug-likeness (QED) is 0.698. The van der Waals surface area contributed by atoms with Crippen LogP contribution >= 0.6 is 11.8 Å². The Morgan fingerprint density at radius 2 is 1.89 bits per heavy atom. The molecule has 1 aromatic rings. The van der Waals surface area contributed by atoms with Crippen molar-refractivity contribution in [3.63, 3.8) is 0 Å². The molecule has 0 aromatic heterocycles. The summed E-state index contributed by atoms with van der Waals surface area (Å²) in [5.74, 6) is 0.904. The average Bonchev–Trinajstić information content (AvgIpc) is 2.70. The highest BCUT2D eigenvalue weighted by Gasteiger charge is 2.51. The van der Waals surface area contributed by atoms with Crippen LogP contribution in [0.1, 0.15) is 11.7 Å². The number of benzene rings is 1. The van der Waals surface area contributed by atoms with Gasteiger partial charge in [-0.25, -0.2) is 4.79 Å². The summed E-state index contributed by atoms with van der Waals surface area (Å²) in [5, 5.41) is 6.77. The molecule has 2 aliphatic rings. The van der Waals surface area contributed by atoms with E-state index in [2.05, 4.69) is 10.6 Å². The number of nitrogens with zero attached hydrogens (tertiary/aromatic N) is 2. The number of ether oxygens (including phenoxy) is 2.